The molecule has 2 nitrogen and oxygen atoms in total. The van der Waals surface area contributed by atoms with Gasteiger partial charge in [0, 0.05) is 34.1 Å². The molecule has 2 aromatic carbocycles. The van der Waals surface area contributed by atoms with E-state index in [0.717, 1.165) is 13.0 Å². The molecule has 0 amide bonds. The van der Waals surface area contributed by atoms with Gasteiger partial charge in [-0.2, -0.15) is 0 Å². The van der Waals surface area contributed by atoms with Gasteiger partial charge in [-0.1, -0.05) is 56.7 Å². The summed E-state index contributed by atoms with van der Waals surface area (Å²) in [5.74, 6) is 2.51. The molecule has 3 aromatic rings. The molecular weight excluding hydrogens is 396 g/mol. The summed E-state index contributed by atoms with van der Waals surface area (Å²) in [6.45, 7) is 5.64. The number of H-pyrrole nitrogens is 1. The van der Waals surface area contributed by atoms with E-state index in [-0.39, 0.29) is 0 Å². The van der Waals surface area contributed by atoms with E-state index in [0.29, 0.717) is 17.9 Å². The van der Waals surface area contributed by atoms with E-state index in [4.69, 9.17) is 0 Å². The van der Waals surface area contributed by atoms with Gasteiger partial charge in [-0.05, 0) is 78.2 Å². The van der Waals surface area contributed by atoms with Crippen molar-refractivity contribution in [3.63, 3.8) is 0 Å². The first kappa shape index (κ1) is 20.9. The average Bonchev–Trinajstić information content (AvgIpc) is 3.19. The summed E-state index contributed by atoms with van der Waals surface area (Å²) >= 11 is 1.98. The maximum Gasteiger partial charge on any atom is 0.0459 e. The minimum atomic E-state index is 0.558. The van der Waals surface area contributed by atoms with Gasteiger partial charge in [0.2, 0.25) is 0 Å². The zero-order valence-electron chi connectivity index (χ0n) is 18.8. The van der Waals surface area contributed by atoms with Gasteiger partial charge in [0.25, 0.3) is 0 Å². The quantitative estimate of drug-likeness (QED) is 0.320. The van der Waals surface area contributed by atoms with E-state index in [2.05, 4.69) is 78.8 Å². The highest BCUT2D eigenvalue weighted by atomic mass is 32.2. The number of fused-ring (bicyclic) bond motifs is 3. The van der Waals surface area contributed by atoms with Gasteiger partial charge >= 0.3 is 0 Å². The Morgan fingerprint density at radius 1 is 1.03 bits per heavy atom. The van der Waals surface area contributed by atoms with E-state index in [1.807, 2.05) is 11.8 Å². The third-order valence-corrected chi connectivity index (χ3v) is 8.29. The molecule has 1 aromatic heterocycles. The number of para-hydroxylation sites is 1. The second kappa shape index (κ2) is 9.26. The van der Waals surface area contributed by atoms with Crippen LogP contribution in [-0.2, 0) is 6.42 Å². The summed E-state index contributed by atoms with van der Waals surface area (Å²) in [5, 5.41) is 5.26. The Morgan fingerprint density at radius 2 is 1.87 bits per heavy atom. The van der Waals surface area contributed by atoms with Crippen molar-refractivity contribution in [3.05, 3.63) is 71.4 Å². The number of thioether (sulfide) groups is 1. The Kier molecular flexibility index (Phi) is 6.24. The molecule has 2 heterocycles. The van der Waals surface area contributed by atoms with Gasteiger partial charge < -0.3 is 10.3 Å². The number of nitrogens with one attached hydrogen (secondary N) is 2. The van der Waals surface area contributed by atoms with Crippen molar-refractivity contribution in [1.29, 1.82) is 0 Å². The number of unbranched alkanes of at least 4 members (excludes halogenated alkanes) is 1. The minimum absolute atomic E-state index is 0.558. The van der Waals surface area contributed by atoms with E-state index >= 15 is 0 Å². The Hall–Kier alpha value is -1.97. The summed E-state index contributed by atoms with van der Waals surface area (Å²) in [4.78, 5) is 5.11. The molecule has 5 rings (SSSR count). The first-order valence-electron chi connectivity index (χ1n) is 12.0. The predicted molar refractivity (Wildman–Crippen MR) is 135 cm³/mol. The fourth-order valence-electron chi connectivity index (χ4n) is 5.48. The lowest BCUT2D eigenvalue weighted by Crippen LogP contribution is -2.41. The van der Waals surface area contributed by atoms with Gasteiger partial charge in [-0.25, -0.2) is 0 Å². The van der Waals surface area contributed by atoms with E-state index < -0.39 is 0 Å². The second-order valence-corrected chi connectivity index (χ2v) is 10.5. The predicted octanol–water partition coefficient (Wildman–Crippen LogP) is 7.17. The van der Waals surface area contributed by atoms with Gasteiger partial charge in [0.1, 0.15) is 0 Å². The normalized spacial score (nSPS) is 23.5. The molecule has 162 valence electrons. The number of hydrogen-bond acceptors (Lipinski definition) is 2. The lowest BCUT2D eigenvalue weighted by Gasteiger charge is -2.36. The van der Waals surface area contributed by atoms with Crippen molar-refractivity contribution in [2.24, 2.45) is 5.92 Å². The molecule has 3 heteroatoms. The van der Waals surface area contributed by atoms with Crippen LogP contribution in [0, 0.1) is 5.92 Å². The molecule has 2 aliphatic rings. The number of aromatic nitrogens is 1. The molecule has 0 saturated carbocycles. The molecule has 0 spiro atoms. The highest BCUT2D eigenvalue weighted by Gasteiger charge is 2.33. The molecule has 1 aliphatic carbocycles. The van der Waals surface area contributed by atoms with Crippen LogP contribution in [0.3, 0.4) is 0 Å². The first-order valence-corrected chi connectivity index (χ1v) is 13.0. The summed E-state index contributed by atoms with van der Waals surface area (Å²) in [5.41, 5.74) is 7.26. The SMILES string of the molecule is CCCCSc1ccc(C2=CCNC(C3Cc4c([nH]c5ccccc45)C(C)C3)C2)cc1. The highest BCUT2D eigenvalue weighted by Crippen LogP contribution is 2.41. The molecule has 0 radical (unpaired) electrons. The largest absolute Gasteiger partial charge is 0.358 e. The Balaban J connectivity index is 1.30. The van der Waals surface area contributed by atoms with Crippen LogP contribution in [-0.4, -0.2) is 23.3 Å². The summed E-state index contributed by atoms with van der Waals surface area (Å²) < 4.78 is 0. The van der Waals surface area contributed by atoms with Crippen LogP contribution in [0.1, 0.15) is 62.3 Å². The van der Waals surface area contributed by atoms with Crippen LogP contribution < -0.4 is 5.32 Å². The number of aromatic amines is 1. The molecule has 0 saturated heterocycles. The van der Waals surface area contributed by atoms with Gasteiger partial charge in [-0.15, -0.1) is 11.8 Å². The summed E-state index contributed by atoms with van der Waals surface area (Å²) in [6, 6.07) is 18.7. The smallest absolute Gasteiger partial charge is 0.0459 e. The molecule has 0 bridgehead atoms. The van der Waals surface area contributed by atoms with Crippen LogP contribution in [0.2, 0.25) is 0 Å². The van der Waals surface area contributed by atoms with Crippen LogP contribution in [0.4, 0.5) is 0 Å². The standard InChI is InChI=1S/C28H34N2S/c1-3-4-15-31-23-11-9-20(10-12-23)21-13-14-29-27(18-21)22-16-19(2)28-25(17-22)24-7-5-6-8-26(24)30-28/h5-13,19,22,27,29-30H,3-4,14-18H2,1-2H3. The van der Waals surface area contributed by atoms with Crippen molar-refractivity contribution in [1.82, 2.24) is 10.3 Å². The van der Waals surface area contributed by atoms with Crippen molar-refractivity contribution in [3.8, 4) is 0 Å². The van der Waals surface area contributed by atoms with E-state index in [1.54, 1.807) is 5.56 Å². The maximum atomic E-state index is 3.84. The fourth-order valence-corrected chi connectivity index (χ4v) is 6.48. The maximum absolute atomic E-state index is 3.84. The van der Waals surface area contributed by atoms with E-state index in [9.17, 15) is 0 Å². The molecule has 3 atom stereocenters. The van der Waals surface area contributed by atoms with Gasteiger partial charge in [-0.3, -0.25) is 0 Å². The lowest BCUT2D eigenvalue weighted by molar-refractivity contribution is 0.306. The Labute approximate surface area is 190 Å². The Morgan fingerprint density at radius 3 is 2.71 bits per heavy atom. The van der Waals surface area contributed by atoms with Crippen molar-refractivity contribution < 1.29 is 0 Å². The zero-order valence-corrected chi connectivity index (χ0v) is 19.6. The lowest BCUT2D eigenvalue weighted by atomic mass is 9.74. The average molecular weight is 431 g/mol. The van der Waals surface area contributed by atoms with Gasteiger partial charge in [0.05, 0.1) is 0 Å². The first-order chi connectivity index (χ1) is 15.2. The monoisotopic (exact) mass is 430 g/mol. The third kappa shape index (κ3) is 4.36. The summed E-state index contributed by atoms with van der Waals surface area (Å²) in [6.07, 6.45) is 8.55. The molecule has 31 heavy (non-hydrogen) atoms. The topological polar surface area (TPSA) is 27.8 Å². The van der Waals surface area contributed by atoms with Crippen LogP contribution >= 0.6 is 11.8 Å². The summed E-state index contributed by atoms with van der Waals surface area (Å²) in [7, 11) is 0. The molecular formula is C28H34N2S. The minimum Gasteiger partial charge on any atom is -0.358 e. The van der Waals surface area contributed by atoms with Crippen molar-refractivity contribution in [2.75, 3.05) is 12.3 Å². The van der Waals surface area contributed by atoms with Crippen molar-refractivity contribution in [2.45, 2.75) is 62.8 Å². The van der Waals surface area contributed by atoms with Crippen LogP contribution in [0.5, 0.6) is 0 Å². The fraction of sp³-hybridized carbons (Fsp3) is 0.429. The van der Waals surface area contributed by atoms with Crippen LogP contribution in [0.15, 0.2) is 59.5 Å². The second-order valence-electron chi connectivity index (χ2n) is 9.34. The molecule has 3 unspecified atom stereocenters. The van der Waals surface area contributed by atoms with Gasteiger partial charge in [0.15, 0.2) is 0 Å². The van der Waals surface area contributed by atoms with Crippen LogP contribution in [0.25, 0.3) is 16.5 Å². The number of benzene rings is 2. The van der Waals surface area contributed by atoms with E-state index in [1.165, 1.54) is 64.1 Å². The highest BCUT2D eigenvalue weighted by molar-refractivity contribution is 7.99. The third-order valence-electron chi connectivity index (χ3n) is 7.19. The molecule has 0 fully saturated rings. The number of hydrogen-bond donors (Lipinski definition) is 2. The molecule has 2 N–H and O–H groups in total. The zero-order chi connectivity index (χ0) is 21.2. The molecule has 1 aliphatic heterocycles. The Bertz CT molecular complexity index is 1060. The number of rotatable bonds is 6. The van der Waals surface area contributed by atoms with Crippen molar-refractivity contribution >= 4 is 28.2 Å².